The zero-order valence-corrected chi connectivity index (χ0v) is 11.7. The number of piperazine rings is 1. The van der Waals surface area contributed by atoms with Crippen LogP contribution in [0.5, 0.6) is 0 Å². The molecule has 2 nitrogen and oxygen atoms in total. The molecule has 2 rings (SSSR count). The monoisotopic (exact) mass is 234 g/mol. The highest BCUT2D eigenvalue weighted by Crippen LogP contribution is 2.09. The van der Waals surface area contributed by atoms with Crippen molar-refractivity contribution in [1.29, 1.82) is 0 Å². The van der Waals surface area contributed by atoms with E-state index in [1.807, 2.05) is 13.8 Å². The van der Waals surface area contributed by atoms with Crippen LogP contribution in [0, 0.1) is 6.92 Å². The Bertz CT molecular complexity index is 314. The summed E-state index contributed by atoms with van der Waals surface area (Å²) in [6, 6.07) is 8.83. The number of likely N-dealkylation sites (N-methyl/N-ethyl adjacent to an activating group) is 1. The van der Waals surface area contributed by atoms with Gasteiger partial charge in [-0.25, -0.2) is 0 Å². The average Bonchev–Trinajstić information content (AvgIpc) is 2.35. The molecule has 1 saturated heterocycles. The van der Waals surface area contributed by atoms with Crippen LogP contribution in [0.4, 0.5) is 0 Å². The lowest BCUT2D eigenvalue weighted by Gasteiger charge is -2.32. The molecule has 0 radical (unpaired) electrons. The molecule has 0 atom stereocenters. The highest BCUT2D eigenvalue weighted by atomic mass is 15.2. The molecular weight excluding hydrogens is 208 g/mol. The highest BCUT2D eigenvalue weighted by molar-refractivity contribution is 5.22. The van der Waals surface area contributed by atoms with E-state index in [2.05, 4.69) is 48.0 Å². The van der Waals surface area contributed by atoms with Crippen molar-refractivity contribution in [2.24, 2.45) is 0 Å². The molecule has 0 spiro atoms. The molecule has 2 heteroatoms. The fraction of sp³-hybridized carbons (Fsp3) is 0.600. The molecule has 0 saturated carbocycles. The molecule has 0 N–H and O–H groups in total. The molecule has 0 amide bonds. The van der Waals surface area contributed by atoms with Crippen molar-refractivity contribution in [3.63, 3.8) is 0 Å². The van der Waals surface area contributed by atoms with E-state index < -0.39 is 0 Å². The average molecular weight is 234 g/mol. The third-order valence-corrected chi connectivity index (χ3v) is 3.08. The lowest BCUT2D eigenvalue weighted by atomic mass is 10.1. The number of aryl methyl sites for hydroxylation is 1. The summed E-state index contributed by atoms with van der Waals surface area (Å²) in [6.07, 6.45) is 0. The van der Waals surface area contributed by atoms with Crippen molar-refractivity contribution in [3.8, 4) is 0 Å². The largest absolute Gasteiger partial charge is 0.304 e. The minimum atomic E-state index is 1.11. The van der Waals surface area contributed by atoms with E-state index in [0.29, 0.717) is 0 Å². The minimum Gasteiger partial charge on any atom is -0.304 e. The summed E-state index contributed by atoms with van der Waals surface area (Å²) >= 11 is 0. The predicted molar refractivity (Wildman–Crippen MR) is 75.3 cm³/mol. The van der Waals surface area contributed by atoms with Crippen molar-refractivity contribution in [2.45, 2.75) is 27.3 Å². The number of benzene rings is 1. The van der Waals surface area contributed by atoms with Gasteiger partial charge in [0.25, 0.3) is 0 Å². The smallest absolute Gasteiger partial charge is 0.0234 e. The third kappa shape index (κ3) is 4.88. The number of hydrogen-bond acceptors (Lipinski definition) is 2. The zero-order valence-electron chi connectivity index (χ0n) is 11.7. The molecule has 0 aromatic heterocycles. The lowest BCUT2D eigenvalue weighted by molar-refractivity contribution is 0.148. The second kappa shape index (κ2) is 7.46. The summed E-state index contributed by atoms with van der Waals surface area (Å²) in [7, 11) is 2.20. The van der Waals surface area contributed by atoms with Crippen molar-refractivity contribution in [3.05, 3.63) is 35.4 Å². The van der Waals surface area contributed by atoms with Gasteiger partial charge < -0.3 is 4.90 Å². The molecule has 1 aliphatic heterocycles. The summed E-state index contributed by atoms with van der Waals surface area (Å²) in [4.78, 5) is 4.93. The standard InChI is InChI=1S/C13H20N2.C2H6/c1-12-4-3-5-13(10-12)11-15-8-6-14(2)7-9-15;1-2/h3-5,10H,6-9,11H2,1-2H3;1-2H3. The molecule has 96 valence electrons. The third-order valence-electron chi connectivity index (χ3n) is 3.08. The fourth-order valence-electron chi connectivity index (χ4n) is 2.07. The SMILES string of the molecule is CC.Cc1cccc(CN2CCN(C)CC2)c1. The van der Waals surface area contributed by atoms with E-state index in [-0.39, 0.29) is 0 Å². The molecule has 1 aliphatic rings. The summed E-state index contributed by atoms with van der Waals surface area (Å²) < 4.78 is 0. The fourth-order valence-corrected chi connectivity index (χ4v) is 2.07. The van der Waals surface area contributed by atoms with Gasteiger partial charge in [0.2, 0.25) is 0 Å². The van der Waals surface area contributed by atoms with Gasteiger partial charge in [0, 0.05) is 32.7 Å². The maximum Gasteiger partial charge on any atom is 0.0234 e. The molecule has 1 heterocycles. The van der Waals surface area contributed by atoms with Gasteiger partial charge >= 0.3 is 0 Å². The molecule has 1 aromatic rings. The summed E-state index contributed by atoms with van der Waals surface area (Å²) in [6.45, 7) is 12.1. The summed E-state index contributed by atoms with van der Waals surface area (Å²) in [5.74, 6) is 0. The summed E-state index contributed by atoms with van der Waals surface area (Å²) in [5, 5.41) is 0. The Hall–Kier alpha value is -0.860. The van der Waals surface area contributed by atoms with E-state index in [9.17, 15) is 0 Å². The van der Waals surface area contributed by atoms with E-state index >= 15 is 0 Å². The highest BCUT2D eigenvalue weighted by Gasteiger charge is 2.13. The predicted octanol–water partition coefficient (Wildman–Crippen LogP) is 2.77. The van der Waals surface area contributed by atoms with Gasteiger partial charge in [0.1, 0.15) is 0 Å². The number of hydrogen-bond donors (Lipinski definition) is 0. The topological polar surface area (TPSA) is 6.48 Å². The van der Waals surface area contributed by atoms with Crippen LogP contribution in [0.2, 0.25) is 0 Å². The van der Waals surface area contributed by atoms with Gasteiger partial charge in [-0.1, -0.05) is 43.7 Å². The molecule has 0 aliphatic carbocycles. The Labute approximate surface area is 106 Å². The van der Waals surface area contributed by atoms with Gasteiger partial charge in [0.05, 0.1) is 0 Å². The van der Waals surface area contributed by atoms with Crippen LogP contribution < -0.4 is 0 Å². The van der Waals surface area contributed by atoms with Gasteiger partial charge in [0.15, 0.2) is 0 Å². The Morgan fingerprint density at radius 1 is 1.06 bits per heavy atom. The Balaban J connectivity index is 0.000000686. The van der Waals surface area contributed by atoms with Crippen molar-refractivity contribution in [1.82, 2.24) is 9.80 Å². The van der Waals surface area contributed by atoms with Gasteiger partial charge in [-0.2, -0.15) is 0 Å². The van der Waals surface area contributed by atoms with E-state index in [1.54, 1.807) is 0 Å². The van der Waals surface area contributed by atoms with Crippen LogP contribution in [0.3, 0.4) is 0 Å². The second-order valence-corrected chi connectivity index (χ2v) is 4.57. The second-order valence-electron chi connectivity index (χ2n) is 4.57. The molecular formula is C15H26N2. The van der Waals surface area contributed by atoms with Gasteiger partial charge in [-0.3, -0.25) is 4.90 Å². The first-order valence-corrected chi connectivity index (χ1v) is 6.70. The number of rotatable bonds is 2. The van der Waals surface area contributed by atoms with E-state index in [0.717, 1.165) is 6.54 Å². The maximum absolute atomic E-state index is 2.54. The van der Waals surface area contributed by atoms with Crippen molar-refractivity contribution >= 4 is 0 Å². The van der Waals surface area contributed by atoms with Crippen molar-refractivity contribution < 1.29 is 0 Å². The molecule has 1 aromatic carbocycles. The first-order chi connectivity index (χ1) is 8.24. The minimum absolute atomic E-state index is 1.11. The van der Waals surface area contributed by atoms with Crippen LogP contribution in [0.1, 0.15) is 25.0 Å². The first-order valence-electron chi connectivity index (χ1n) is 6.70. The van der Waals surface area contributed by atoms with Crippen molar-refractivity contribution in [2.75, 3.05) is 33.2 Å². The Morgan fingerprint density at radius 2 is 1.71 bits per heavy atom. The maximum atomic E-state index is 2.54. The van der Waals surface area contributed by atoms with Crippen LogP contribution in [0.25, 0.3) is 0 Å². The van der Waals surface area contributed by atoms with Crippen LogP contribution in [0.15, 0.2) is 24.3 Å². The van der Waals surface area contributed by atoms with Crippen LogP contribution in [-0.2, 0) is 6.54 Å². The normalized spacial score (nSPS) is 17.4. The lowest BCUT2D eigenvalue weighted by Crippen LogP contribution is -2.43. The van der Waals surface area contributed by atoms with E-state index in [4.69, 9.17) is 0 Å². The Kier molecular flexibility index (Phi) is 6.23. The molecule has 0 unspecified atom stereocenters. The summed E-state index contributed by atoms with van der Waals surface area (Å²) in [5.41, 5.74) is 2.81. The van der Waals surface area contributed by atoms with Gasteiger partial charge in [-0.05, 0) is 19.5 Å². The molecule has 1 fully saturated rings. The zero-order chi connectivity index (χ0) is 12.7. The molecule has 17 heavy (non-hydrogen) atoms. The quantitative estimate of drug-likeness (QED) is 0.776. The number of nitrogens with zero attached hydrogens (tertiary/aromatic N) is 2. The van der Waals surface area contributed by atoms with Gasteiger partial charge in [-0.15, -0.1) is 0 Å². The van der Waals surface area contributed by atoms with E-state index in [1.165, 1.54) is 37.3 Å². The Morgan fingerprint density at radius 3 is 2.29 bits per heavy atom. The molecule has 0 bridgehead atoms. The van der Waals surface area contributed by atoms with Crippen LogP contribution in [-0.4, -0.2) is 43.0 Å². The first kappa shape index (κ1) is 14.2. The van der Waals surface area contributed by atoms with Crippen LogP contribution >= 0.6 is 0 Å².